The Kier molecular flexibility index (Phi) is 7.80. The number of hydrogen-bond donors (Lipinski definition) is 0. The van der Waals surface area contributed by atoms with E-state index in [0.717, 1.165) is 21.2 Å². The first kappa shape index (κ1) is 27.8. The zero-order valence-corrected chi connectivity index (χ0v) is 26.5. The van der Waals surface area contributed by atoms with Crippen LogP contribution in [0.1, 0.15) is 0 Å². The van der Waals surface area contributed by atoms with Gasteiger partial charge in [-0.05, 0) is 32.9 Å². The summed E-state index contributed by atoms with van der Waals surface area (Å²) in [6, 6.07) is 59.7. The summed E-state index contributed by atoms with van der Waals surface area (Å²) in [5.74, 6) is 1.96. The van der Waals surface area contributed by atoms with E-state index in [1.807, 2.05) is 60.7 Å². The minimum atomic E-state index is -2.75. The van der Waals surface area contributed by atoms with Gasteiger partial charge in [0.2, 0.25) is 0 Å². The zero-order valence-electron chi connectivity index (χ0n) is 23.9. The molecule has 0 radical (unpaired) electrons. The molecule has 0 aliphatic carbocycles. The molecule has 0 saturated heterocycles. The molecular formula is C39H28BrN3Si. The fourth-order valence-electron chi connectivity index (χ4n) is 5.93. The van der Waals surface area contributed by atoms with Crippen LogP contribution in [0.2, 0.25) is 0 Å². The van der Waals surface area contributed by atoms with Crippen LogP contribution in [0.15, 0.2) is 174 Å². The van der Waals surface area contributed by atoms with Gasteiger partial charge in [0.1, 0.15) is 0 Å². The van der Waals surface area contributed by atoms with Gasteiger partial charge in [-0.2, -0.15) is 0 Å². The molecule has 3 nitrogen and oxygen atoms in total. The van der Waals surface area contributed by atoms with E-state index in [2.05, 4.69) is 125 Å². The van der Waals surface area contributed by atoms with Gasteiger partial charge in [0.15, 0.2) is 25.5 Å². The van der Waals surface area contributed by atoms with Crippen molar-refractivity contribution in [2.45, 2.75) is 0 Å². The summed E-state index contributed by atoms with van der Waals surface area (Å²) in [6.07, 6.45) is 0. The Bertz CT molecular complexity index is 1920. The highest BCUT2D eigenvalue weighted by Gasteiger charge is 2.41. The van der Waals surface area contributed by atoms with Gasteiger partial charge in [-0.15, -0.1) is 0 Å². The number of halogens is 1. The van der Waals surface area contributed by atoms with Crippen molar-refractivity contribution >= 4 is 44.8 Å². The van der Waals surface area contributed by atoms with Gasteiger partial charge >= 0.3 is 0 Å². The molecule has 0 saturated carbocycles. The van der Waals surface area contributed by atoms with E-state index in [1.165, 1.54) is 20.7 Å². The minimum Gasteiger partial charge on any atom is -0.208 e. The molecule has 1 aromatic heterocycles. The van der Waals surface area contributed by atoms with Crippen LogP contribution in [0.25, 0.3) is 34.2 Å². The Labute approximate surface area is 267 Å². The maximum atomic E-state index is 5.04. The Balaban J connectivity index is 1.49. The SMILES string of the molecule is Brc1cccc([Si](c2ccccc2)(c2ccccc2)c2cccc(-c3nc(-c4ccccc4)nc(-c4ccccc4)n3)c2)c1. The second kappa shape index (κ2) is 12.3. The monoisotopic (exact) mass is 645 g/mol. The summed E-state index contributed by atoms with van der Waals surface area (Å²) < 4.78 is 1.06. The highest BCUT2D eigenvalue weighted by Crippen LogP contribution is 2.25. The molecule has 0 fully saturated rings. The fraction of sp³-hybridized carbons (Fsp3) is 0. The van der Waals surface area contributed by atoms with Crippen molar-refractivity contribution in [3.05, 3.63) is 174 Å². The van der Waals surface area contributed by atoms with Crippen LogP contribution in [0.4, 0.5) is 0 Å². The Hall–Kier alpha value is -4.97. The van der Waals surface area contributed by atoms with E-state index in [0.29, 0.717) is 17.5 Å². The summed E-state index contributed by atoms with van der Waals surface area (Å²) in [5.41, 5.74) is 2.87. The third-order valence-corrected chi connectivity index (χ3v) is 13.2. The Morgan fingerprint density at radius 2 is 0.705 bits per heavy atom. The molecule has 44 heavy (non-hydrogen) atoms. The lowest BCUT2D eigenvalue weighted by Gasteiger charge is -2.34. The van der Waals surface area contributed by atoms with Crippen LogP contribution >= 0.6 is 15.9 Å². The van der Waals surface area contributed by atoms with Gasteiger partial charge < -0.3 is 0 Å². The highest BCUT2D eigenvalue weighted by molar-refractivity contribution is 9.10. The molecule has 5 heteroatoms. The minimum absolute atomic E-state index is 0.651. The number of nitrogens with zero attached hydrogens (tertiary/aromatic N) is 3. The predicted octanol–water partition coefficient (Wildman–Crippen LogP) is 7.01. The van der Waals surface area contributed by atoms with Gasteiger partial charge in [-0.3, -0.25) is 0 Å². The molecule has 1 heterocycles. The average Bonchev–Trinajstić information content (AvgIpc) is 3.10. The van der Waals surface area contributed by atoms with E-state index in [-0.39, 0.29) is 0 Å². The maximum Gasteiger partial charge on any atom is 0.179 e. The first-order chi connectivity index (χ1) is 21.7. The van der Waals surface area contributed by atoms with Crippen molar-refractivity contribution in [2.75, 3.05) is 0 Å². The van der Waals surface area contributed by atoms with Crippen LogP contribution in [0.3, 0.4) is 0 Å². The Morgan fingerprint density at radius 3 is 1.18 bits per heavy atom. The molecule has 6 aromatic carbocycles. The van der Waals surface area contributed by atoms with Gasteiger partial charge in [0, 0.05) is 21.2 Å². The first-order valence-electron chi connectivity index (χ1n) is 14.6. The predicted molar refractivity (Wildman–Crippen MR) is 187 cm³/mol. The number of hydrogen-bond acceptors (Lipinski definition) is 3. The van der Waals surface area contributed by atoms with Crippen LogP contribution in [0.5, 0.6) is 0 Å². The molecular weight excluding hydrogens is 618 g/mol. The molecule has 0 aliphatic rings. The summed E-state index contributed by atoms with van der Waals surface area (Å²) in [5, 5.41) is 5.18. The van der Waals surface area contributed by atoms with Crippen molar-refractivity contribution < 1.29 is 0 Å². The molecule has 210 valence electrons. The quantitative estimate of drug-likeness (QED) is 0.138. The molecule has 0 amide bonds. The normalized spacial score (nSPS) is 11.3. The van der Waals surface area contributed by atoms with Crippen molar-refractivity contribution in [2.24, 2.45) is 0 Å². The standard InChI is InChI=1S/C39H28BrN3Si/c40-32-20-14-26-36(28-32)44(33-21-9-3-10-22-33,34-23-11-4-12-24-34)35-25-13-19-31(27-35)39-42-37(29-15-5-1-6-16-29)41-38(43-39)30-17-7-2-8-18-30/h1-28H. The van der Waals surface area contributed by atoms with Crippen LogP contribution in [0, 0.1) is 0 Å². The number of rotatable bonds is 7. The lowest BCUT2D eigenvalue weighted by atomic mass is 10.1. The lowest BCUT2D eigenvalue weighted by Crippen LogP contribution is -2.74. The topological polar surface area (TPSA) is 38.7 Å². The molecule has 0 bridgehead atoms. The third-order valence-electron chi connectivity index (χ3n) is 7.92. The molecule has 0 N–H and O–H groups in total. The van der Waals surface area contributed by atoms with Gasteiger partial charge in [-0.25, -0.2) is 15.0 Å². The molecule has 7 aromatic rings. The largest absolute Gasteiger partial charge is 0.208 e. The number of benzene rings is 6. The smallest absolute Gasteiger partial charge is 0.179 e. The molecule has 7 rings (SSSR count). The Morgan fingerprint density at radius 1 is 0.341 bits per heavy atom. The zero-order chi connectivity index (χ0) is 29.8. The van der Waals surface area contributed by atoms with Gasteiger partial charge in [0.25, 0.3) is 0 Å². The van der Waals surface area contributed by atoms with Crippen LogP contribution in [-0.4, -0.2) is 23.0 Å². The van der Waals surface area contributed by atoms with Crippen molar-refractivity contribution in [3.8, 4) is 34.2 Å². The summed E-state index contributed by atoms with van der Waals surface area (Å²) in [4.78, 5) is 15.0. The fourth-order valence-corrected chi connectivity index (χ4v) is 11.4. The summed E-state index contributed by atoms with van der Waals surface area (Å²) >= 11 is 3.78. The van der Waals surface area contributed by atoms with E-state index in [9.17, 15) is 0 Å². The van der Waals surface area contributed by atoms with Crippen molar-refractivity contribution in [3.63, 3.8) is 0 Å². The first-order valence-corrected chi connectivity index (χ1v) is 17.4. The second-order valence-corrected chi connectivity index (χ2v) is 15.3. The van der Waals surface area contributed by atoms with Gasteiger partial charge in [0.05, 0.1) is 0 Å². The van der Waals surface area contributed by atoms with E-state index in [1.54, 1.807) is 0 Å². The van der Waals surface area contributed by atoms with Gasteiger partial charge in [-0.1, -0.05) is 174 Å². The molecule has 0 unspecified atom stereocenters. The number of aromatic nitrogens is 3. The van der Waals surface area contributed by atoms with Crippen LogP contribution < -0.4 is 20.7 Å². The van der Waals surface area contributed by atoms with E-state index >= 15 is 0 Å². The van der Waals surface area contributed by atoms with E-state index < -0.39 is 8.07 Å². The van der Waals surface area contributed by atoms with Crippen molar-refractivity contribution in [1.29, 1.82) is 0 Å². The third kappa shape index (κ3) is 5.32. The van der Waals surface area contributed by atoms with E-state index in [4.69, 9.17) is 15.0 Å². The maximum absolute atomic E-state index is 5.04. The average molecular weight is 647 g/mol. The summed E-state index contributed by atoms with van der Waals surface area (Å²) in [7, 11) is -2.75. The van der Waals surface area contributed by atoms with Crippen molar-refractivity contribution in [1.82, 2.24) is 15.0 Å². The molecule has 0 atom stereocenters. The lowest BCUT2D eigenvalue weighted by molar-refractivity contribution is 1.07. The highest BCUT2D eigenvalue weighted by atomic mass is 79.9. The summed E-state index contributed by atoms with van der Waals surface area (Å²) in [6.45, 7) is 0. The molecule has 0 spiro atoms. The molecule has 0 aliphatic heterocycles. The van der Waals surface area contributed by atoms with Crippen LogP contribution in [-0.2, 0) is 0 Å². The second-order valence-electron chi connectivity index (χ2n) is 10.6.